The Kier molecular flexibility index (Phi) is 4.26. The normalized spacial score (nSPS) is 28.5. The van der Waals surface area contributed by atoms with Crippen molar-refractivity contribution in [1.29, 1.82) is 0 Å². The molecule has 21 heavy (non-hydrogen) atoms. The van der Waals surface area contributed by atoms with Crippen LogP contribution in [0, 0.1) is 11.8 Å². The first-order chi connectivity index (χ1) is 10.1. The summed E-state index contributed by atoms with van der Waals surface area (Å²) in [5.74, 6) is -0.186. The Morgan fingerprint density at radius 1 is 1.43 bits per heavy atom. The highest BCUT2D eigenvalue weighted by molar-refractivity contribution is 7.09. The molecule has 1 aliphatic heterocycles. The van der Waals surface area contributed by atoms with E-state index < -0.39 is 12.0 Å². The van der Waals surface area contributed by atoms with Gasteiger partial charge in [0.2, 0.25) is 5.91 Å². The molecule has 3 atom stereocenters. The van der Waals surface area contributed by atoms with Gasteiger partial charge in [-0.05, 0) is 36.1 Å². The van der Waals surface area contributed by atoms with Crippen molar-refractivity contribution in [3.05, 3.63) is 22.4 Å². The molecule has 0 spiro atoms. The van der Waals surface area contributed by atoms with Gasteiger partial charge in [-0.15, -0.1) is 11.3 Å². The van der Waals surface area contributed by atoms with E-state index in [1.54, 1.807) is 11.3 Å². The molecule has 1 amide bonds. The molecule has 5 nitrogen and oxygen atoms in total. The van der Waals surface area contributed by atoms with E-state index in [1.165, 1.54) is 0 Å². The van der Waals surface area contributed by atoms with E-state index in [9.17, 15) is 14.7 Å². The molecule has 0 bridgehead atoms. The molecule has 1 saturated carbocycles. The van der Waals surface area contributed by atoms with E-state index >= 15 is 0 Å². The number of hydrogen-bond donors (Lipinski definition) is 2. The van der Waals surface area contributed by atoms with Crippen molar-refractivity contribution in [2.24, 2.45) is 11.8 Å². The van der Waals surface area contributed by atoms with Crippen molar-refractivity contribution >= 4 is 23.2 Å². The highest BCUT2D eigenvalue weighted by Crippen LogP contribution is 2.42. The average Bonchev–Trinajstić information content (AvgIpc) is 3.11. The summed E-state index contributed by atoms with van der Waals surface area (Å²) < 4.78 is 0. The summed E-state index contributed by atoms with van der Waals surface area (Å²) in [5.41, 5.74) is 0. The second-order valence-electron chi connectivity index (χ2n) is 5.92. The van der Waals surface area contributed by atoms with Crippen LogP contribution in [0.1, 0.15) is 24.1 Å². The van der Waals surface area contributed by atoms with E-state index in [-0.39, 0.29) is 18.4 Å². The molecular formula is C15H20N2O3S. The number of carbonyl (C=O) groups excluding carboxylic acids is 1. The number of hydrogen-bond acceptors (Lipinski definition) is 4. The molecule has 1 aliphatic carbocycles. The summed E-state index contributed by atoms with van der Waals surface area (Å²) in [6, 6.07) is 3.45. The SMILES string of the molecule is O=C(CN1CC2CCCC2C1C(=O)O)NCc1cccs1. The maximum absolute atomic E-state index is 12.0. The highest BCUT2D eigenvalue weighted by atomic mass is 32.1. The van der Waals surface area contributed by atoms with E-state index in [0.29, 0.717) is 12.5 Å². The first-order valence-electron chi connectivity index (χ1n) is 7.41. The Bertz CT molecular complexity index is 517. The lowest BCUT2D eigenvalue weighted by atomic mass is 9.94. The lowest BCUT2D eigenvalue weighted by Gasteiger charge is -2.23. The first kappa shape index (κ1) is 14.5. The number of amides is 1. The van der Waals surface area contributed by atoms with Crippen LogP contribution >= 0.6 is 11.3 Å². The van der Waals surface area contributed by atoms with Gasteiger partial charge in [-0.25, -0.2) is 0 Å². The number of rotatable bonds is 5. The Balaban J connectivity index is 1.56. The largest absolute Gasteiger partial charge is 0.480 e. The van der Waals surface area contributed by atoms with Gasteiger partial charge in [-0.2, -0.15) is 0 Å². The van der Waals surface area contributed by atoms with Crippen LogP contribution in [0.25, 0.3) is 0 Å². The van der Waals surface area contributed by atoms with Crippen LogP contribution in [0.2, 0.25) is 0 Å². The molecule has 6 heteroatoms. The molecule has 2 fully saturated rings. The van der Waals surface area contributed by atoms with Gasteiger partial charge in [-0.1, -0.05) is 12.5 Å². The van der Waals surface area contributed by atoms with Crippen molar-refractivity contribution in [3.8, 4) is 0 Å². The Labute approximate surface area is 128 Å². The van der Waals surface area contributed by atoms with Crippen molar-refractivity contribution in [1.82, 2.24) is 10.2 Å². The maximum Gasteiger partial charge on any atom is 0.321 e. The minimum Gasteiger partial charge on any atom is -0.480 e. The summed E-state index contributed by atoms with van der Waals surface area (Å²) >= 11 is 1.60. The fourth-order valence-electron chi connectivity index (χ4n) is 3.73. The molecular weight excluding hydrogens is 288 g/mol. The Hall–Kier alpha value is -1.40. The molecule has 0 aromatic carbocycles. The summed E-state index contributed by atoms with van der Waals surface area (Å²) in [6.07, 6.45) is 3.20. The van der Waals surface area contributed by atoms with Crippen molar-refractivity contribution in [3.63, 3.8) is 0 Å². The third-order valence-electron chi connectivity index (χ3n) is 4.63. The van der Waals surface area contributed by atoms with Gasteiger partial charge < -0.3 is 10.4 Å². The van der Waals surface area contributed by atoms with Crippen LogP contribution < -0.4 is 5.32 Å². The van der Waals surface area contributed by atoms with Gasteiger partial charge in [0, 0.05) is 11.4 Å². The predicted molar refractivity (Wildman–Crippen MR) is 80.0 cm³/mol. The van der Waals surface area contributed by atoms with E-state index in [4.69, 9.17) is 0 Å². The minimum atomic E-state index is -0.782. The Morgan fingerprint density at radius 2 is 2.29 bits per heavy atom. The summed E-state index contributed by atoms with van der Waals surface area (Å²) in [6.45, 7) is 1.46. The monoisotopic (exact) mass is 308 g/mol. The number of fused-ring (bicyclic) bond motifs is 1. The summed E-state index contributed by atoms with van der Waals surface area (Å²) in [7, 11) is 0. The van der Waals surface area contributed by atoms with Gasteiger partial charge in [-0.3, -0.25) is 14.5 Å². The number of likely N-dealkylation sites (tertiary alicyclic amines) is 1. The molecule has 2 aliphatic rings. The smallest absolute Gasteiger partial charge is 0.321 e. The van der Waals surface area contributed by atoms with Crippen molar-refractivity contribution < 1.29 is 14.7 Å². The minimum absolute atomic E-state index is 0.0883. The van der Waals surface area contributed by atoms with E-state index in [1.807, 2.05) is 22.4 Å². The van der Waals surface area contributed by atoms with E-state index in [0.717, 1.165) is 30.7 Å². The van der Waals surface area contributed by atoms with Crippen LogP contribution in [-0.2, 0) is 16.1 Å². The fraction of sp³-hybridized carbons (Fsp3) is 0.600. The zero-order valence-corrected chi connectivity index (χ0v) is 12.6. The molecule has 2 N–H and O–H groups in total. The van der Waals surface area contributed by atoms with Crippen LogP contribution in [0.15, 0.2) is 17.5 Å². The molecule has 0 radical (unpaired) electrons. The lowest BCUT2D eigenvalue weighted by molar-refractivity contribution is -0.144. The molecule has 1 saturated heterocycles. The fourth-order valence-corrected chi connectivity index (χ4v) is 4.38. The molecule has 3 unspecified atom stereocenters. The van der Waals surface area contributed by atoms with Crippen LogP contribution in [-0.4, -0.2) is 41.0 Å². The maximum atomic E-state index is 12.0. The van der Waals surface area contributed by atoms with Gasteiger partial charge in [0.25, 0.3) is 0 Å². The first-order valence-corrected chi connectivity index (χ1v) is 8.29. The van der Waals surface area contributed by atoms with Gasteiger partial charge in [0.15, 0.2) is 0 Å². The average molecular weight is 308 g/mol. The molecule has 1 aromatic rings. The second kappa shape index (κ2) is 6.15. The molecule has 1 aromatic heterocycles. The van der Waals surface area contributed by atoms with Crippen LogP contribution in [0.4, 0.5) is 0 Å². The third kappa shape index (κ3) is 3.11. The van der Waals surface area contributed by atoms with Gasteiger partial charge in [0.05, 0.1) is 13.1 Å². The number of aliphatic carboxylic acids is 1. The predicted octanol–water partition coefficient (Wildman–Crippen LogP) is 1.55. The lowest BCUT2D eigenvalue weighted by Crippen LogP contribution is -2.44. The summed E-state index contributed by atoms with van der Waals surface area (Å²) in [4.78, 5) is 26.5. The van der Waals surface area contributed by atoms with Crippen molar-refractivity contribution in [2.75, 3.05) is 13.1 Å². The van der Waals surface area contributed by atoms with Crippen LogP contribution in [0.5, 0.6) is 0 Å². The third-order valence-corrected chi connectivity index (χ3v) is 5.50. The standard InChI is InChI=1S/C15H20N2O3S/c18-13(16-7-11-4-2-6-21-11)9-17-8-10-3-1-5-12(10)14(17)15(19)20/h2,4,6,10,12,14H,1,3,5,7-9H2,(H,16,18)(H,19,20). The van der Waals surface area contributed by atoms with Gasteiger partial charge >= 0.3 is 5.97 Å². The van der Waals surface area contributed by atoms with Crippen molar-refractivity contribution in [2.45, 2.75) is 31.8 Å². The zero-order chi connectivity index (χ0) is 14.8. The number of carboxylic acids is 1. The van der Waals surface area contributed by atoms with E-state index in [2.05, 4.69) is 5.32 Å². The number of nitrogens with zero attached hydrogens (tertiary/aromatic N) is 1. The van der Waals surface area contributed by atoms with Crippen LogP contribution in [0.3, 0.4) is 0 Å². The highest BCUT2D eigenvalue weighted by Gasteiger charge is 2.47. The number of thiophene rings is 1. The number of carbonyl (C=O) groups is 2. The number of nitrogens with one attached hydrogen (secondary N) is 1. The quantitative estimate of drug-likeness (QED) is 0.866. The molecule has 3 rings (SSSR count). The zero-order valence-electron chi connectivity index (χ0n) is 11.8. The number of carboxylic acid groups (broad SMARTS) is 1. The van der Waals surface area contributed by atoms with Gasteiger partial charge in [0.1, 0.15) is 6.04 Å². The second-order valence-corrected chi connectivity index (χ2v) is 6.96. The Morgan fingerprint density at radius 3 is 3.00 bits per heavy atom. The molecule has 2 heterocycles. The molecule has 114 valence electrons. The topological polar surface area (TPSA) is 69.6 Å². The summed E-state index contributed by atoms with van der Waals surface area (Å²) in [5, 5.41) is 14.3.